The monoisotopic (exact) mass is 549 g/mol. The molecular formula is C38H23N5. The summed E-state index contributed by atoms with van der Waals surface area (Å²) in [7, 11) is 0. The lowest BCUT2D eigenvalue weighted by molar-refractivity contribution is 1.22. The Morgan fingerprint density at radius 3 is 2.07 bits per heavy atom. The second-order valence-corrected chi connectivity index (χ2v) is 10.7. The number of imidazole rings is 1. The van der Waals surface area contributed by atoms with Gasteiger partial charge in [-0.05, 0) is 41.1 Å². The fourth-order valence-corrected chi connectivity index (χ4v) is 6.20. The molecule has 5 nitrogen and oxygen atoms in total. The van der Waals surface area contributed by atoms with Gasteiger partial charge in [-0.25, -0.2) is 19.9 Å². The minimum Gasteiger partial charge on any atom is -0.298 e. The summed E-state index contributed by atoms with van der Waals surface area (Å²) in [5.74, 6) is 0.679. The number of hydrogen-bond acceptors (Lipinski definition) is 4. The summed E-state index contributed by atoms with van der Waals surface area (Å²) >= 11 is 0. The van der Waals surface area contributed by atoms with Gasteiger partial charge in [0, 0.05) is 33.7 Å². The van der Waals surface area contributed by atoms with Crippen LogP contribution in [0.1, 0.15) is 0 Å². The highest BCUT2D eigenvalue weighted by atomic mass is 15.0. The zero-order valence-electron chi connectivity index (χ0n) is 23.0. The Bertz CT molecular complexity index is 2520. The van der Waals surface area contributed by atoms with Crippen molar-refractivity contribution in [3.63, 3.8) is 0 Å². The highest BCUT2D eigenvalue weighted by molar-refractivity contribution is 6.09. The van der Waals surface area contributed by atoms with Crippen molar-refractivity contribution in [3.05, 3.63) is 140 Å². The van der Waals surface area contributed by atoms with E-state index in [0.29, 0.717) is 5.82 Å². The van der Waals surface area contributed by atoms with Gasteiger partial charge >= 0.3 is 0 Å². The van der Waals surface area contributed by atoms with E-state index < -0.39 is 0 Å². The Hall–Kier alpha value is -5.94. The van der Waals surface area contributed by atoms with Gasteiger partial charge in [-0.2, -0.15) is 0 Å². The van der Waals surface area contributed by atoms with E-state index in [1.807, 2.05) is 42.5 Å². The summed E-state index contributed by atoms with van der Waals surface area (Å²) in [5, 5.41) is 4.43. The van der Waals surface area contributed by atoms with Gasteiger partial charge in [-0.15, -0.1) is 0 Å². The van der Waals surface area contributed by atoms with Crippen LogP contribution < -0.4 is 0 Å². The normalized spacial score (nSPS) is 11.7. The lowest BCUT2D eigenvalue weighted by Gasteiger charge is -2.12. The van der Waals surface area contributed by atoms with Gasteiger partial charge < -0.3 is 0 Å². The largest absolute Gasteiger partial charge is 0.298 e. The third kappa shape index (κ3) is 3.72. The van der Waals surface area contributed by atoms with Gasteiger partial charge in [0.1, 0.15) is 11.2 Å². The Labute approximate surface area is 246 Å². The molecule has 0 saturated carbocycles. The molecule has 0 aliphatic heterocycles. The molecule has 5 aromatic carbocycles. The van der Waals surface area contributed by atoms with Crippen LogP contribution in [-0.4, -0.2) is 24.3 Å². The molecule has 0 saturated heterocycles. The van der Waals surface area contributed by atoms with Crippen molar-refractivity contribution in [2.45, 2.75) is 0 Å². The lowest BCUT2D eigenvalue weighted by atomic mass is 9.99. The first-order valence-electron chi connectivity index (χ1n) is 14.3. The summed E-state index contributed by atoms with van der Waals surface area (Å²) in [5.41, 5.74) is 9.47. The number of hydrogen-bond donors (Lipinski definition) is 0. The van der Waals surface area contributed by atoms with Gasteiger partial charge in [0.2, 0.25) is 0 Å². The third-order valence-corrected chi connectivity index (χ3v) is 8.19. The zero-order chi connectivity index (χ0) is 28.3. The van der Waals surface area contributed by atoms with Gasteiger partial charge in [-0.1, -0.05) is 103 Å². The molecule has 0 aliphatic carbocycles. The maximum Gasteiger partial charge on any atom is 0.160 e. The first-order chi connectivity index (χ1) is 21.3. The van der Waals surface area contributed by atoms with Crippen molar-refractivity contribution in [1.29, 1.82) is 0 Å². The molecule has 0 bridgehead atoms. The number of aromatic nitrogens is 5. The molecule has 0 aliphatic rings. The second kappa shape index (κ2) is 9.29. The molecule has 43 heavy (non-hydrogen) atoms. The van der Waals surface area contributed by atoms with Crippen LogP contribution in [0.25, 0.3) is 83.2 Å². The van der Waals surface area contributed by atoms with Crippen LogP contribution in [0.2, 0.25) is 0 Å². The highest BCUT2D eigenvalue weighted by Crippen LogP contribution is 2.36. The molecule has 0 N–H and O–H groups in total. The lowest BCUT2D eigenvalue weighted by Crippen LogP contribution is -1.97. The van der Waals surface area contributed by atoms with Crippen LogP contribution in [0.15, 0.2) is 140 Å². The molecular weight excluding hydrogens is 526 g/mol. The molecule has 9 aromatic rings. The number of pyridine rings is 2. The maximum atomic E-state index is 5.23. The first-order valence-corrected chi connectivity index (χ1v) is 14.3. The van der Waals surface area contributed by atoms with E-state index in [1.54, 1.807) is 0 Å². The second-order valence-electron chi connectivity index (χ2n) is 10.7. The Kier molecular flexibility index (Phi) is 5.13. The van der Waals surface area contributed by atoms with Crippen LogP contribution in [-0.2, 0) is 0 Å². The topological polar surface area (TPSA) is 56.0 Å². The van der Waals surface area contributed by atoms with Crippen molar-refractivity contribution < 1.29 is 0 Å². The minimum atomic E-state index is 0.679. The third-order valence-electron chi connectivity index (χ3n) is 8.19. The predicted octanol–water partition coefficient (Wildman–Crippen LogP) is 9.13. The van der Waals surface area contributed by atoms with E-state index >= 15 is 0 Å². The number of para-hydroxylation sites is 2. The van der Waals surface area contributed by atoms with Crippen LogP contribution >= 0.6 is 0 Å². The van der Waals surface area contributed by atoms with Crippen molar-refractivity contribution >= 4 is 49.3 Å². The van der Waals surface area contributed by atoms with E-state index in [1.165, 1.54) is 10.8 Å². The van der Waals surface area contributed by atoms with Crippen molar-refractivity contribution in [3.8, 4) is 33.9 Å². The zero-order valence-corrected chi connectivity index (χ0v) is 23.0. The molecule has 0 radical (unpaired) electrons. The van der Waals surface area contributed by atoms with E-state index in [9.17, 15) is 0 Å². The van der Waals surface area contributed by atoms with Gasteiger partial charge in [-0.3, -0.25) is 4.40 Å². The summed E-state index contributed by atoms with van der Waals surface area (Å²) in [4.78, 5) is 20.5. The molecule has 0 atom stereocenters. The quantitative estimate of drug-likeness (QED) is 0.220. The summed E-state index contributed by atoms with van der Waals surface area (Å²) in [6.07, 6.45) is 2.05. The fraction of sp³-hybridized carbons (Fsp3) is 0. The smallest absolute Gasteiger partial charge is 0.160 e. The van der Waals surface area contributed by atoms with Crippen molar-refractivity contribution in [1.82, 2.24) is 24.3 Å². The number of benzene rings is 5. The van der Waals surface area contributed by atoms with E-state index in [-0.39, 0.29) is 0 Å². The summed E-state index contributed by atoms with van der Waals surface area (Å²) in [6, 6.07) is 45.8. The molecule has 0 amide bonds. The van der Waals surface area contributed by atoms with Gasteiger partial charge in [0.05, 0.1) is 27.9 Å². The number of nitrogens with zero attached hydrogens (tertiary/aromatic N) is 5. The SMILES string of the molecule is c1cc(-c2nc(-c3cccc4ccccc34)c3ccccc3n2)cc(-c2nc3ccccc3c3nc4ccccn4c23)c1. The summed E-state index contributed by atoms with van der Waals surface area (Å²) in [6.45, 7) is 0. The van der Waals surface area contributed by atoms with Crippen LogP contribution in [0.3, 0.4) is 0 Å². The minimum absolute atomic E-state index is 0.679. The Balaban J connectivity index is 1.29. The van der Waals surface area contributed by atoms with E-state index in [0.717, 1.165) is 66.6 Å². The Morgan fingerprint density at radius 1 is 0.465 bits per heavy atom. The standard InChI is InChI=1S/C38H23N5/c1-2-15-27-24(11-1)12-10-18-28(27)35-29-16-3-6-20-32(29)40-38(42-35)26-14-9-13-25(23-26)34-37-36(30-17-4-5-19-31(30)39-34)41-33-21-7-8-22-43(33)37/h1-23H. The van der Waals surface area contributed by atoms with Crippen molar-refractivity contribution in [2.24, 2.45) is 0 Å². The predicted molar refractivity (Wildman–Crippen MR) is 175 cm³/mol. The molecule has 0 spiro atoms. The fourth-order valence-electron chi connectivity index (χ4n) is 6.20. The van der Waals surface area contributed by atoms with Crippen LogP contribution in [0.5, 0.6) is 0 Å². The van der Waals surface area contributed by atoms with Crippen molar-refractivity contribution in [2.75, 3.05) is 0 Å². The molecule has 4 aromatic heterocycles. The number of fused-ring (bicyclic) bond motifs is 7. The maximum absolute atomic E-state index is 5.23. The van der Waals surface area contributed by atoms with Crippen LogP contribution in [0.4, 0.5) is 0 Å². The highest BCUT2D eigenvalue weighted by Gasteiger charge is 2.18. The Morgan fingerprint density at radius 2 is 1.16 bits per heavy atom. The average Bonchev–Trinajstić information content (AvgIpc) is 3.47. The number of rotatable bonds is 3. The molecule has 200 valence electrons. The summed E-state index contributed by atoms with van der Waals surface area (Å²) < 4.78 is 2.13. The van der Waals surface area contributed by atoms with Gasteiger partial charge in [0.15, 0.2) is 5.82 Å². The van der Waals surface area contributed by atoms with Crippen LogP contribution in [0, 0.1) is 0 Å². The molecule has 0 unspecified atom stereocenters. The molecule has 4 heterocycles. The van der Waals surface area contributed by atoms with E-state index in [4.69, 9.17) is 19.9 Å². The average molecular weight is 550 g/mol. The molecule has 0 fully saturated rings. The first kappa shape index (κ1) is 23.7. The molecule has 5 heteroatoms. The van der Waals surface area contributed by atoms with Gasteiger partial charge in [0.25, 0.3) is 0 Å². The van der Waals surface area contributed by atoms with E-state index in [2.05, 4.69) is 102 Å². The molecule has 9 rings (SSSR count).